The number of benzene rings is 1. The van der Waals surface area contributed by atoms with Gasteiger partial charge in [-0.1, -0.05) is 13.0 Å². The van der Waals surface area contributed by atoms with Gasteiger partial charge in [-0.3, -0.25) is 9.69 Å². The Hall–Kier alpha value is -0.740. The maximum atomic E-state index is 13.9. The second-order valence-corrected chi connectivity index (χ2v) is 5.31. The molecule has 0 aliphatic heterocycles. The van der Waals surface area contributed by atoms with Crippen LogP contribution in [-0.2, 0) is 0 Å². The SMILES string of the molecule is CCC(C)(C(=O)c1cccc(Br)c1F)N(C)C. The van der Waals surface area contributed by atoms with Crippen LogP contribution in [0.25, 0.3) is 0 Å². The molecule has 0 fully saturated rings. The molecule has 0 aliphatic rings. The zero-order valence-corrected chi connectivity index (χ0v) is 12.1. The van der Waals surface area contributed by atoms with Gasteiger partial charge in [-0.2, -0.15) is 0 Å². The van der Waals surface area contributed by atoms with E-state index in [4.69, 9.17) is 0 Å². The highest BCUT2D eigenvalue weighted by molar-refractivity contribution is 9.10. The zero-order chi connectivity index (χ0) is 13.2. The van der Waals surface area contributed by atoms with E-state index in [0.29, 0.717) is 10.9 Å². The van der Waals surface area contributed by atoms with E-state index in [1.807, 2.05) is 32.8 Å². The number of likely N-dealkylation sites (N-methyl/N-ethyl adjacent to an activating group) is 1. The summed E-state index contributed by atoms with van der Waals surface area (Å²) in [5, 5.41) is 0. The Kier molecular flexibility index (Phi) is 4.44. The standard InChI is InChI=1S/C13H17BrFNO/c1-5-13(2,16(3)4)12(17)9-7-6-8-10(14)11(9)15/h6-8H,5H2,1-4H3. The topological polar surface area (TPSA) is 20.3 Å². The molecule has 0 N–H and O–H groups in total. The van der Waals surface area contributed by atoms with Crippen LogP contribution >= 0.6 is 15.9 Å². The van der Waals surface area contributed by atoms with Gasteiger partial charge in [-0.25, -0.2) is 4.39 Å². The molecule has 0 heterocycles. The van der Waals surface area contributed by atoms with Crippen molar-refractivity contribution in [2.75, 3.05) is 14.1 Å². The molecule has 1 aromatic carbocycles. The lowest BCUT2D eigenvalue weighted by Gasteiger charge is -2.34. The summed E-state index contributed by atoms with van der Waals surface area (Å²) in [6, 6.07) is 4.79. The summed E-state index contributed by atoms with van der Waals surface area (Å²) < 4.78 is 14.2. The first-order valence-electron chi connectivity index (χ1n) is 5.50. The maximum absolute atomic E-state index is 13.9. The molecular formula is C13H17BrFNO. The summed E-state index contributed by atoms with van der Waals surface area (Å²) >= 11 is 3.10. The number of carbonyl (C=O) groups excluding carboxylic acids is 1. The molecule has 1 atom stereocenters. The average molecular weight is 302 g/mol. The molecule has 0 aliphatic carbocycles. The van der Waals surface area contributed by atoms with Crippen molar-refractivity contribution in [2.24, 2.45) is 0 Å². The molecule has 0 spiro atoms. The molecular weight excluding hydrogens is 285 g/mol. The highest BCUT2D eigenvalue weighted by Crippen LogP contribution is 2.26. The Bertz CT molecular complexity index is 433. The summed E-state index contributed by atoms with van der Waals surface area (Å²) in [7, 11) is 3.66. The number of carbonyl (C=O) groups is 1. The maximum Gasteiger partial charge on any atom is 0.185 e. The fourth-order valence-corrected chi connectivity index (χ4v) is 2.02. The van der Waals surface area contributed by atoms with E-state index in [1.165, 1.54) is 6.07 Å². The number of Topliss-reactive ketones (excluding diaryl/α,β-unsaturated/α-hetero) is 1. The number of hydrogen-bond donors (Lipinski definition) is 0. The van der Waals surface area contributed by atoms with Crippen molar-refractivity contribution >= 4 is 21.7 Å². The minimum Gasteiger partial charge on any atom is -0.297 e. The molecule has 2 nitrogen and oxygen atoms in total. The van der Waals surface area contributed by atoms with Crippen molar-refractivity contribution in [1.82, 2.24) is 4.90 Å². The van der Waals surface area contributed by atoms with E-state index in [0.717, 1.165) is 0 Å². The highest BCUT2D eigenvalue weighted by Gasteiger charge is 2.35. The van der Waals surface area contributed by atoms with Gasteiger partial charge in [-0.05, 0) is 55.5 Å². The van der Waals surface area contributed by atoms with Crippen LogP contribution < -0.4 is 0 Å². The van der Waals surface area contributed by atoms with Crippen molar-refractivity contribution in [1.29, 1.82) is 0 Å². The summed E-state index contributed by atoms with van der Waals surface area (Å²) in [6.07, 6.45) is 0.630. The van der Waals surface area contributed by atoms with Crippen molar-refractivity contribution in [3.05, 3.63) is 34.1 Å². The molecule has 0 aromatic heterocycles. The molecule has 17 heavy (non-hydrogen) atoms. The molecule has 1 aromatic rings. The van der Waals surface area contributed by atoms with E-state index in [-0.39, 0.29) is 11.3 Å². The third kappa shape index (κ3) is 2.58. The van der Waals surface area contributed by atoms with Gasteiger partial charge in [0.2, 0.25) is 0 Å². The summed E-state index contributed by atoms with van der Waals surface area (Å²) in [6.45, 7) is 3.75. The molecule has 0 saturated heterocycles. The number of nitrogens with zero attached hydrogens (tertiary/aromatic N) is 1. The normalized spacial score (nSPS) is 14.8. The Labute approximate surface area is 110 Å². The van der Waals surface area contributed by atoms with Crippen LogP contribution in [0.5, 0.6) is 0 Å². The Morgan fingerprint density at radius 1 is 1.47 bits per heavy atom. The molecule has 0 radical (unpaired) electrons. The summed E-state index contributed by atoms with van der Waals surface area (Å²) in [5.41, 5.74) is -0.542. The smallest absolute Gasteiger partial charge is 0.185 e. The van der Waals surface area contributed by atoms with Crippen LogP contribution in [0, 0.1) is 5.82 Å². The summed E-state index contributed by atoms with van der Waals surface area (Å²) in [5.74, 6) is -0.678. The molecule has 94 valence electrons. The van der Waals surface area contributed by atoms with Crippen LogP contribution in [0.4, 0.5) is 4.39 Å². The van der Waals surface area contributed by atoms with Crippen LogP contribution in [0.2, 0.25) is 0 Å². The van der Waals surface area contributed by atoms with Gasteiger partial charge in [0.05, 0.1) is 15.6 Å². The second-order valence-electron chi connectivity index (χ2n) is 4.45. The lowest BCUT2D eigenvalue weighted by atomic mass is 9.87. The van der Waals surface area contributed by atoms with Crippen molar-refractivity contribution in [3.63, 3.8) is 0 Å². The third-order valence-corrected chi connectivity index (χ3v) is 3.97. The van der Waals surface area contributed by atoms with Gasteiger partial charge in [-0.15, -0.1) is 0 Å². The molecule has 4 heteroatoms. The fourth-order valence-electron chi connectivity index (χ4n) is 1.65. The first-order valence-corrected chi connectivity index (χ1v) is 6.30. The van der Waals surface area contributed by atoms with Gasteiger partial charge < -0.3 is 0 Å². The predicted octanol–water partition coefficient (Wildman–Crippen LogP) is 3.50. The van der Waals surface area contributed by atoms with Gasteiger partial charge in [0.1, 0.15) is 5.82 Å². The minimum absolute atomic E-state index is 0.137. The van der Waals surface area contributed by atoms with Gasteiger partial charge in [0.15, 0.2) is 5.78 Å². The second kappa shape index (κ2) is 5.27. The molecule has 0 bridgehead atoms. The summed E-state index contributed by atoms with van der Waals surface area (Å²) in [4.78, 5) is 14.2. The van der Waals surface area contributed by atoms with Crippen molar-refractivity contribution < 1.29 is 9.18 Å². The first kappa shape index (κ1) is 14.3. The Balaban J connectivity index is 3.25. The molecule has 1 unspecified atom stereocenters. The van der Waals surface area contributed by atoms with E-state index in [1.54, 1.807) is 12.1 Å². The van der Waals surface area contributed by atoms with Gasteiger partial charge in [0.25, 0.3) is 0 Å². The predicted molar refractivity (Wildman–Crippen MR) is 70.8 cm³/mol. The average Bonchev–Trinajstić information content (AvgIpc) is 2.30. The zero-order valence-electron chi connectivity index (χ0n) is 10.6. The Morgan fingerprint density at radius 2 is 2.06 bits per heavy atom. The number of hydrogen-bond acceptors (Lipinski definition) is 2. The van der Waals surface area contributed by atoms with Gasteiger partial charge >= 0.3 is 0 Å². The van der Waals surface area contributed by atoms with Crippen LogP contribution in [-0.4, -0.2) is 30.3 Å². The number of rotatable bonds is 4. The van der Waals surface area contributed by atoms with Crippen LogP contribution in [0.3, 0.4) is 0 Å². The van der Waals surface area contributed by atoms with Crippen molar-refractivity contribution in [3.8, 4) is 0 Å². The van der Waals surface area contributed by atoms with Gasteiger partial charge in [0, 0.05) is 0 Å². The van der Waals surface area contributed by atoms with Crippen molar-refractivity contribution in [2.45, 2.75) is 25.8 Å². The minimum atomic E-state index is -0.679. The van der Waals surface area contributed by atoms with E-state index >= 15 is 0 Å². The molecule has 0 amide bonds. The van der Waals surface area contributed by atoms with E-state index in [2.05, 4.69) is 15.9 Å². The lowest BCUT2D eigenvalue weighted by Crippen LogP contribution is -2.48. The van der Waals surface area contributed by atoms with E-state index < -0.39 is 11.4 Å². The van der Waals surface area contributed by atoms with E-state index in [9.17, 15) is 9.18 Å². The molecule has 1 rings (SSSR count). The fraction of sp³-hybridized carbons (Fsp3) is 0.462. The monoisotopic (exact) mass is 301 g/mol. The Morgan fingerprint density at radius 3 is 2.53 bits per heavy atom. The number of ketones is 1. The lowest BCUT2D eigenvalue weighted by molar-refractivity contribution is 0.0706. The van der Waals surface area contributed by atoms with Crippen LogP contribution in [0.15, 0.2) is 22.7 Å². The first-order chi connectivity index (χ1) is 7.84. The quantitative estimate of drug-likeness (QED) is 0.793. The third-order valence-electron chi connectivity index (χ3n) is 3.36. The molecule has 0 saturated carbocycles. The largest absolute Gasteiger partial charge is 0.297 e. The number of halogens is 2. The van der Waals surface area contributed by atoms with Crippen LogP contribution in [0.1, 0.15) is 30.6 Å². The highest BCUT2D eigenvalue weighted by atomic mass is 79.9.